The highest BCUT2D eigenvalue weighted by atomic mass is 19.4. The van der Waals surface area contributed by atoms with Gasteiger partial charge in [0.25, 0.3) is 0 Å². The van der Waals surface area contributed by atoms with Crippen molar-refractivity contribution in [3.8, 4) is 0 Å². The number of anilines is 1. The molecule has 1 aromatic rings. The van der Waals surface area contributed by atoms with E-state index in [1.807, 2.05) is 11.8 Å². The number of nitrogens with zero attached hydrogens (tertiary/aromatic N) is 2. The third-order valence-electron chi connectivity index (χ3n) is 3.97. The first-order chi connectivity index (χ1) is 9.93. The molecule has 2 rings (SSSR count). The number of likely N-dealkylation sites (N-methyl/N-ethyl adjacent to an activating group) is 1. The molecular weight excluding hydrogens is 279 g/mol. The molecule has 2 unspecified atom stereocenters. The number of rotatable bonds is 4. The zero-order valence-corrected chi connectivity index (χ0v) is 12.5. The Morgan fingerprint density at radius 2 is 2.14 bits per heavy atom. The van der Waals surface area contributed by atoms with Gasteiger partial charge < -0.3 is 10.2 Å². The Bertz CT molecular complexity index is 462. The lowest BCUT2D eigenvalue weighted by atomic mass is 9.96. The first kappa shape index (κ1) is 16.1. The third-order valence-corrected chi connectivity index (χ3v) is 3.97. The molecule has 0 aliphatic carbocycles. The summed E-state index contributed by atoms with van der Waals surface area (Å²) in [6.07, 6.45) is -1.32. The van der Waals surface area contributed by atoms with E-state index in [9.17, 15) is 13.2 Å². The second-order valence-electron chi connectivity index (χ2n) is 5.48. The minimum Gasteiger partial charge on any atom is -0.352 e. The fraction of sp³-hybridized carbons (Fsp3) is 0.667. The van der Waals surface area contributed by atoms with E-state index >= 15 is 0 Å². The van der Waals surface area contributed by atoms with Gasteiger partial charge in [0.2, 0.25) is 0 Å². The summed E-state index contributed by atoms with van der Waals surface area (Å²) in [6, 6.07) is 4.55. The molecule has 2 heterocycles. The largest absolute Gasteiger partial charge is 0.433 e. The molecule has 2 atom stereocenters. The molecule has 0 bridgehead atoms. The van der Waals surface area contributed by atoms with Crippen LogP contribution in [0.3, 0.4) is 0 Å². The fourth-order valence-corrected chi connectivity index (χ4v) is 2.96. The number of piperidine rings is 1. The van der Waals surface area contributed by atoms with Gasteiger partial charge in [-0.05, 0) is 44.9 Å². The average molecular weight is 301 g/mol. The number of hydrogen-bond donors (Lipinski definition) is 1. The number of hydrogen-bond acceptors (Lipinski definition) is 3. The Balaban J connectivity index is 2.25. The molecule has 0 saturated carbocycles. The molecule has 1 saturated heterocycles. The smallest absolute Gasteiger partial charge is 0.352 e. The van der Waals surface area contributed by atoms with Gasteiger partial charge >= 0.3 is 6.18 Å². The predicted molar refractivity (Wildman–Crippen MR) is 77.4 cm³/mol. The molecule has 1 fully saturated rings. The van der Waals surface area contributed by atoms with Crippen LogP contribution < -0.4 is 10.2 Å². The van der Waals surface area contributed by atoms with Gasteiger partial charge in [0.05, 0.1) is 0 Å². The summed E-state index contributed by atoms with van der Waals surface area (Å²) in [7, 11) is 0. The lowest BCUT2D eigenvalue weighted by Crippen LogP contribution is -2.51. The summed E-state index contributed by atoms with van der Waals surface area (Å²) in [6.45, 7) is 5.72. The SMILES string of the molecule is CCNC(C)C1CCCCN1c1cccc(C(F)(F)F)n1. The number of alkyl halides is 3. The van der Waals surface area contributed by atoms with Crippen LogP contribution in [0.25, 0.3) is 0 Å². The molecule has 3 nitrogen and oxygen atoms in total. The minimum absolute atomic E-state index is 0.190. The van der Waals surface area contributed by atoms with Crippen LogP contribution in [0.4, 0.5) is 19.0 Å². The zero-order chi connectivity index (χ0) is 15.5. The molecule has 21 heavy (non-hydrogen) atoms. The fourth-order valence-electron chi connectivity index (χ4n) is 2.96. The number of aromatic nitrogens is 1. The minimum atomic E-state index is -4.39. The van der Waals surface area contributed by atoms with E-state index in [4.69, 9.17) is 0 Å². The Hall–Kier alpha value is -1.30. The van der Waals surface area contributed by atoms with Crippen molar-refractivity contribution in [1.29, 1.82) is 0 Å². The van der Waals surface area contributed by atoms with Crippen LogP contribution in [0, 0.1) is 0 Å². The van der Waals surface area contributed by atoms with Crippen LogP contribution in [0.2, 0.25) is 0 Å². The van der Waals surface area contributed by atoms with Gasteiger partial charge in [-0.25, -0.2) is 4.98 Å². The zero-order valence-electron chi connectivity index (χ0n) is 12.5. The lowest BCUT2D eigenvalue weighted by Gasteiger charge is -2.40. The average Bonchev–Trinajstić information content (AvgIpc) is 2.47. The van der Waals surface area contributed by atoms with Crippen molar-refractivity contribution >= 4 is 5.82 Å². The van der Waals surface area contributed by atoms with E-state index in [1.54, 1.807) is 6.07 Å². The number of nitrogens with one attached hydrogen (secondary N) is 1. The predicted octanol–water partition coefficient (Wildman–Crippen LogP) is 3.46. The molecule has 1 aliphatic heterocycles. The van der Waals surface area contributed by atoms with Gasteiger partial charge in [-0.15, -0.1) is 0 Å². The van der Waals surface area contributed by atoms with Crippen molar-refractivity contribution in [1.82, 2.24) is 10.3 Å². The van der Waals surface area contributed by atoms with Gasteiger partial charge in [-0.3, -0.25) is 0 Å². The van der Waals surface area contributed by atoms with Crippen LogP contribution in [-0.2, 0) is 6.18 Å². The number of halogens is 3. The lowest BCUT2D eigenvalue weighted by molar-refractivity contribution is -0.141. The van der Waals surface area contributed by atoms with Crippen LogP contribution in [0.15, 0.2) is 18.2 Å². The standard InChI is InChI=1S/C15H22F3N3/c1-3-19-11(2)12-7-4-5-10-21(12)14-9-6-8-13(20-14)15(16,17)18/h6,8-9,11-12,19H,3-5,7,10H2,1-2H3. The van der Waals surface area contributed by atoms with E-state index < -0.39 is 11.9 Å². The molecule has 1 aromatic heterocycles. The summed E-state index contributed by atoms with van der Waals surface area (Å²) in [5, 5.41) is 3.37. The van der Waals surface area contributed by atoms with Crippen LogP contribution in [0.1, 0.15) is 38.8 Å². The van der Waals surface area contributed by atoms with Gasteiger partial charge in [0, 0.05) is 18.6 Å². The van der Waals surface area contributed by atoms with Crippen LogP contribution in [-0.4, -0.2) is 30.2 Å². The van der Waals surface area contributed by atoms with Crippen LogP contribution in [0.5, 0.6) is 0 Å². The van der Waals surface area contributed by atoms with Crippen molar-refractivity contribution in [2.75, 3.05) is 18.0 Å². The van der Waals surface area contributed by atoms with E-state index in [1.165, 1.54) is 6.07 Å². The first-order valence-electron chi connectivity index (χ1n) is 7.47. The third kappa shape index (κ3) is 3.87. The molecule has 0 radical (unpaired) electrons. The molecule has 1 N–H and O–H groups in total. The van der Waals surface area contributed by atoms with Crippen molar-refractivity contribution in [2.45, 2.75) is 51.4 Å². The normalized spacial score (nSPS) is 21.4. The molecule has 6 heteroatoms. The Kier molecular flexibility index (Phi) is 5.08. The molecule has 0 spiro atoms. The van der Waals surface area contributed by atoms with Gasteiger partial charge in [-0.2, -0.15) is 13.2 Å². The van der Waals surface area contributed by atoms with E-state index in [0.29, 0.717) is 5.82 Å². The van der Waals surface area contributed by atoms with Gasteiger partial charge in [0.1, 0.15) is 11.5 Å². The summed E-state index contributed by atoms with van der Waals surface area (Å²) in [5.41, 5.74) is -0.819. The molecule has 0 amide bonds. The maximum atomic E-state index is 12.8. The molecule has 118 valence electrons. The summed E-state index contributed by atoms with van der Waals surface area (Å²) in [4.78, 5) is 5.85. The maximum absolute atomic E-state index is 12.8. The molecule has 1 aliphatic rings. The van der Waals surface area contributed by atoms with Gasteiger partial charge in [0.15, 0.2) is 0 Å². The van der Waals surface area contributed by atoms with Gasteiger partial charge in [-0.1, -0.05) is 13.0 Å². The topological polar surface area (TPSA) is 28.2 Å². The highest BCUT2D eigenvalue weighted by Gasteiger charge is 2.34. The summed E-state index contributed by atoms with van der Waals surface area (Å²) in [5.74, 6) is 0.430. The van der Waals surface area contributed by atoms with E-state index in [2.05, 4.69) is 17.2 Å². The second-order valence-corrected chi connectivity index (χ2v) is 5.48. The Morgan fingerprint density at radius 1 is 1.38 bits per heavy atom. The Labute approximate surface area is 123 Å². The first-order valence-corrected chi connectivity index (χ1v) is 7.47. The van der Waals surface area contributed by atoms with Crippen LogP contribution >= 0.6 is 0 Å². The quantitative estimate of drug-likeness (QED) is 0.923. The summed E-state index contributed by atoms with van der Waals surface area (Å²) >= 11 is 0. The Morgan fingerprint density at radius 3 is 2.81 bits per heavy atom. The molecular formula is C15H22F3N3. The van der Waals surface area contributed by atoms with Crippen molar-refractivity contribution in [3.05, 3.63) is 23.9 Å². The highest BCUT2D eigenvalue weighted by Crippen LogP contribution is 2.31. The maximum Gasteiger partial charge on any atom is 0.433 e. The van der Waals surface area contributed by atoms with Crippen molar-refractivity contribution in [2.24, 2.45) is 0 Å². The van der Waals surface area contributed by atoms with Crippen molar-refractivity contribution in [3.63, 3.8) is 0 Å². The van der Waals surface area contributed by atoms with E-state index in [0.717, 1.165) is 38.4 Å². The number of pyridine rings is 1. The van der Waals surface area contributed by atoms with Crippen molar-refractivity contribution < 1.29 is 13.2 Å². The van der Waals surface area contributed by atoms with E-state index in [-0.39, 0.29) is 12.1 Å². The molecule has 0 aromatic carbocycles. The second kappa shape index (κ2) is 6.64. The summed E-state index contributed by atoms with van der Waals surface area (Å²) < 4.78 is 38.5. The highest BCUT2D eigenvalue weighted by molar-refractivity contribution is 5.42. The monoisotopic (exact) mass is 301 g/mol.